The molecule has 0 saturated heterocycles. The first-order valence-corrected chi connectivity index (χ1v) is 5.98. The van der Waals surface area contributed by atoms with E-state index in [1.165, 1.54) is 24.9 Å². The van der Waals surface area contributed by atoms with Crippen molar-refractivity contribution in [2.75, 3.05) is 30.4 Å². The third-order valence-corrected chi connectivity index (χ3v) is 3.22. The number of anilines is 2. The molecule has 0 atom stereocenters. The molecule has 0 aromatic heterocycles. The highest BCUT2D eigenvalue weighted by atomic mass is 16.3. The van der Waals surface area contributed by atoms with Gasteiger partial charge in [0.25, 0.3) is 0 Å². The summed E-state index contributed by atoms with van der Waals surface area (Å²) in [7, 11) is 1.99. The molecule has 0 spiro atoms. The molecule has 1 aromatic carbocycles. The largest absolute Gasteiger partial charge is 0.395 e. The van der Waals surface area contributed by atoms with E-state index in [-0.39, 0.29) is 6.61 Å². The molecule has 0 radical (unpaired) electrons. The van der Waals surface area contributed by atoms with Crippen molar-refractivity contribution in [2.24, 2.45) is 0 Å². The molecular formula is C13H20N2O. The predicted molar refractivity (Wildman–Crippen MR) is 68.1 cm³/mol. The lowest BCUT2D eigenvalue weighted by atomic mass is 9.93. The molecule has 0 heterocycles. The van der Waals surface area contributed by atoms with Gasteiger partial charge in [0, 0.05) is 31.0 Å². The van der Waals surface area contributed by atoms with Crippen molar-refractivity contribution in [1.29, 1.82) is 0 Å². The number of hydrogen-bond donors (Lipinski definition) is 2. The number of benzene rings is 1. The third-order valence-electron chi connectivity index (χ3n) is 3.22. The fourth-order valence-electron chi connectivity index (χ4n) is 1.88. The summed E-state index contributed by atoms with van der Waals surface area (Å²) < 4.78 is 0. The number of nitrogens with zero attached hydrogens (tertiary/aromatic N) is 1. The van der Waals surface area contributed by atoms with Crippen LogP contribution in [0.5, 0.6) is 0 Å². The zero-order chi connectivity index (χ0) is 11.4. The Kier molecular flexibility index (Phi) is 3.67. The fourth-order valence-corrected chi connectivity index (χ4v) is 1.88. The maximum Gasteiger partial charge on any atom is 0.0606 e. The second kappa shape index (κ2) is 5.21. The van der Waals surface area contributed by atoms with Crippen LogP contribution < -0.4 is 10.2 Å². The zero-order valence-electron chi connectivity index (χ0n) is 9.82. The van der Waals surface area contributed by atoms with Crippen molar-refractivity contribution in [3.63, 3.8) is 0 Å². The highest BCUT2D eigenvalue weighted by molar-refractivity contribution is 5.55. The van der Waals surface area contributed by atoms with Gasteiger partial charge in [-0.05, 0) is 43.5 Å². The van der Waals surface area contributed by atoms with Crippen LogP contribution in [-0.2, 0) is 0 Å². The topological polar surface area (TPSA) is 35.5 Å². The van der Waals surface area contributed by atoms with Crippen molar-refractivity contribution in [2.45, 2.75) is 25.3 Å². The molecule has 3 nitrogen and oxygen atoms in total. The Morgan fingerprint density at radius 3 is 2.50 bits per heavy atom. The summed E-state index contributed by atoms with van der Waals surface area (Å²) in [6.45, 7) is 0.869. The summed E-state index contributed by atoms with van der Waals surface area (Å²) in [6, 6.07) is 9.09. The average molecular weight is 220 g/mol. The first kappa shape index (κ1) is 11.3. The van der Waals surface area contributed by atoms with E-state index in [1.807, 2.05) is 11.9 Å². The SMILES string of the molecule is CN(CCO)c1ccc(NC2CCC2)cc1. The molecule has 0 amide bonds. The highest BCUT2D eigenvalue weighted by Gasteiger charge is 2.16. The molecule has 1 fully saturated rings. The molecule has 16 heavy (non-hydrogen) atoms. The van der Waals surface area contributed by atoms with Crippen LogP contribution in [0.4, 0.5) is 11.4 Å². The second-order valence-electron chi connectivity index (χ2n) is 4.46. The quantitative estimate of drug-likeness (QED) is 0.797. The Hall–Kier alpha value is -1.22. The normalized spacial score (nSPS) is 15.6. The zero-order valence-corrected chi connectivity index (χ0v) is 9.82. The minimum absolute atomic E-state index is 0.193. The Balaban J connectivity index is 1.92. The monoisotopic (exact) mass is 220 g/mol. The van der Waals surface area contributed by atoms with Crippen molar-refractivity contribution in [3.8, 4) is 0 Å². The lowest BCUT2D eigenvalue weighted by molar-refractivity contribution is 0.304. The summed E-state index contributed by atoms with van der Waals surface area (Å²) >= 11 is 0. The first-order chi connectivity index (χ1) is 7.79. The van der Waals surface area contributed by atoms with Gasteiger partial charge < -0.3 is 15.3 Å². The van der Waals surface area contributed by atoms with E-state index in [1.54, 1.807) is 0 Å². The number of likely N-dealkylation sites (N-methyl/N-ethyl adjacent to an activating group) is 1. The molecule has 0 bridgehead atoms. The molecule has 2 rings (SSSR count). The van der Waals surface area contributed by atoms with Gasteiger partial charge in [-0.2, -0.15) is 0 Å². The van der Waals surface area contributed by atoms with Crippen molar-refractivity contribution in [3.05, 3.63) is 24.3 Å². The number of nitrogens with one attached hydrogen (secondary N) is 1. The fraction of sp³-hybridized carbons (Fsp3) is 0.538. The van der Waals surface area contributed by atoms with Crippen LogP contribution >= 0.6 is 0 Å². The maximum atomic E-state index is 8.86. The van der Waals surface area contributed by atoms with Crippen molar-refractivity contribution >= 4 is 11.4 Å². The van der Waals surface area contributed by atoms with E-state index in [2.05, 4.69) is 29.6 Å². The van der Waals surface area contributed by atoms with Gasteiger partial charge in [-0.15, -0.1) is 0 Å². The summed E-state index contributed by atoms with van der Waals surface area (Å²) in [5.74, 6) is 0. The van der Waals surface area contributed by atoms with E-state index in [9.17, 15) is 0 Å². The molecule has 1 saturated carbocycles. The molecule has 3 heteroatoms. The van der Waals surface area contributed by atoms with Crippen LogP contribution in [0.15, 0.2) is 24.3 Å². The standard InChI is InChI=1S/C13H20N2O/c1-15(9-10-16)13-7-5-12(6-8-13)14-11-3-2-4-11/h5-8,11,14,16H,2-4,9-10H2,1H3. The van der Waals surface area contributed by atoms with Gasteiger partial charge in [0.15, 0.2) is 0 Å². The summed E-state index contributed by atoms with van der Waals surface area (Å²) in [5.41, 5.74) is 2.35. The molecule has 1 aromatic rings. The first-order valence-electron chi connectivity index (χ1n) is 5.98. The lowest BCUT2D eigenvalue weighted by Gasteiger charge is -2.27. The Morgan fingerprint density at radius 2 is 2.00 bits per heavy atom. The predicted octanol–water partition coefficient (Wildman–Crippen LogP) is 2.08. The molecule has 88 valence electrons. The summed E-state index contributed by atoms with van der Waals surface area (Å²) in [6.07, 6.45) is 3.95. The minimum atomic E-state index is 0.193. The van der Waals surface area contributed by atoms with Crippen LogP contribution in [0.1, 0.15) is 19.3 Å². The van der Waals surface area contributed by atoms with Gasteiger partial charge in [-0.3, -0.25) is 0 Å². The van der Waals surface area contributed by atoms with Crippen molar-refractivity contribution < 1.29 is 5.11 Å². The number of hydrogen-bond acceptors (Lipinski definition) is 3. The average Bonchev–Trinajstić information content (AvgIpc) is 2.25. The molecule has 2 N–H and O–H groups in total. The molecule has 0 aliphatic heterocycles. The van der Waals surface area contributed by atoms with E-state index in [0.717, 1.165) is 5.69 Å². The maximum absolute atomic E-state index is 8.86. The van der Waals surface area contributed by atoms with Crippen LogP contribution in [0, 0.1) is 0 Å². The molecule has 1 aliphatic carbocycles. The lowest BCUT2D eigenvalue weighted by Crippen LogP contribution is -2.27. The Labute approximate surface area is 97.1 Å². The van der Waals surface area contributed by atoms with Gasteiger partial charge in [-0.1, -0.05) is 0 Å². The number of rotatable bonds is 5. The van der Waals surface area contributed by atoms with Gasteiger partial charge >= 0.3 is 0 Å². The smallest absolute Gasteiger partial charge is 0.0606 e. The second-order valence-corrected chi connectivity index (χ2v) is 4.46. The van der Waals surface area contributed by atoms with Gasteiger partial charge in [0.05, 0.1) is 6.61 Å². The van der Waals surface area contributed by atoms with Gasteiger partial charge in [0.2, 0.25) is 0 Å². The van der Waals surface area contributed by atoms with Crippen LogP contribution in [0.25, 0.3) is 0 Å². The Morgan fingerprint density at radius 1 is 1.31 bits per heavy atom. The molecular weight excluding hydrogens is 200 g/mol. The molecule has 0 unspecified atom stereocenters. The van der Waals surface area contributed by atoms with Crippen LogP contribution in [0.2, 0.25) is 0 Å². The third kappa shape index (κ3) is 2.67. The Bertz CT molecular complexity index is 319. The highest BCUT2D eigenvalue weighted by Crippen LogP contribution is 2.24. The van der Waals surface area contributed by atoms with Crippen LogP contribution in [-0.4, -0.2) is 31.3 Å². The van der Waals surface area contributed by atoms with Crippen molar-refractivity contribution in [1.82, 2.24) is 0 Å². The van der Waals surface area contributed by atoms with Crippen LogP contribution in [0.3, 0.4) is 0 Å². The summed E-state index contributed by atoms with van der Waals surface area (Å²) in [4.78, 5) is 2.05. The van der Waals surface area contributed by atoms with E-state index in [0.29, 0.717) is 12.6 Å². The van der Waals surface area contributed by atoms with E-state index < -0.39 is 0 Å². The summed E-state index contributed by atoms with van der Waals surface area (Å²) in [5, 5.41) is 12.4. The van der Waals surface area contributed by atoms with E-state index >= 15 is 0 Å². The minimum Gasteiger partial charge on any atom is -0.395 e. The van der Waals surface area contributed by atoms with E-state index in [4.69, 9.17) is 5.11 Å². The van der Waals surface area contributed by atoms with Gasteiger partial charge in [-0.25, -0.2) is 0 Å². The molecule has 1 aliphatic rings. The number of aliphatic hydroxyl groups excluding tert-OH is 1. The van der Waals surface area contributed by atoms with Gasteiger partial charge in [0.1, 0.15) is 0 Å². The number of aliphatic hydroxyl groups is 1.